The van der Waals surface area contributed by atoms with Gasteiger partial charge in [0.25, 0.3) is 0 Å². The summed E-state index contributed by atoms with van der Waals surface area (Å²) >= 11 is 0. The maximum atomic E-state index is 13.3. The molecule has 1 aliphatic rings. The van der Waals surface area contributed by atoms with Crippen LogP contribution < -0.4 is 25.4 Å². The van der Waals surface area contributed by atoms with E-state index in [1.165, 1.54) is 0 Å². The fourth-order valence-corrected chi connectivity index (χ4v) is 6.10. The molecule has 11 nitrogen and oxygen atoms in total. The molecule has 1 fully saturated rings. The van der Waals surface area contributed by atoms with Gasteiger partial charge in [0.15, 0.2) is 11.5 Å². The Morgan fingerprint density at radius 3 is 2.02 bits per heavy atom. The summed E-state index contributed by atoms with van der Waals surface area (Å²) in [5, 5.41) is 21.3. The number of ether oxygens (including phenoxy) is 3. The fraction of sp³-hybridized carbons (Fsp3) is 0.474. The third-order valence-electron chi connectivity index (χ3n) is 8.79. The third-order valence-corrected chi connectivity index (χ3v) is 8.79. The number of aliphatic hydroxyl groups is 1. The van der Waals surface area contributed by atoms with Gasteiger partial charge < -0.3 is 35.3 Å². The molecule has 0 saturated carbocycles. The number of benzene rings is 3. The lowest BCUT2D eigenvalue weighted by atomic mass is 9.99. The number of nitrogens with one attached hydrogen (secondary N) is 3. The molecule has 0 aromatic heterocycles. The van der Waals surface area contributed by atoms with Crippen molar-refractivity contribution in [1.82, 2.24) is 25.8 Å². The van der Waals surface area contributed by atoms with Crippen LogP contribution in [0.5, 0.6) is 11.5 Å². The van der Waals surface area contributed by atoms with Crippen LogP contribution in [0.3, 0.4) is 0 Å². The van der Waals surface area contributed by atoms with Crippen molar-refractivity contribution in [3.05, 3.63) is 95.6 Å². The maximum Gasteiger partial charge on any atom is 0.234 e. The van der Waals surface area contributed by atoms with Crippen molar-refractivity contribution in [2.24, 2.45) is 5.92 Å². The Hall–Kier alpha value is -4.00. The van der Waals surface area contributed by atoms with Crippen LogP contribution in [-0.2, 0) is 27.4 Å². The lowest BCUT2D eigenvalue weighted by Gasteiger charge is -2.38. The number of carbonyl (C=O) groups excluding carboxylic acids is 2. The highest BCUT2D eigenvalue weighted by atomic mass is 16.5. The molecular weight excluding hydrogens is 622 g/mol. The van der Waals surface area contributed by atoms with Crippen LogP contribution in [0.1, 0.15) is 43.2 Å². The summed E-state index contributed by atoms with van der Waals surface area (Å²) in [6.45, 7) is 7.96. The first-order chi connectivity index (χ1) is 23.8. The van der Waals surface area contributed by atoms with Crippen LogP contribution in [0.25, 0.3) is 0 Å². The molecule has 11 heteroatoms. The van der Waals surface area contributed by atoms with Gasteiger partial charge in [-0.3, -0.25) is 19.4 Å². The van der Waals surface area contributed by atoms with Gasteiger partial charge in [-0.1, -0.05) is 66.7 Å². The average Bonchev–Trinajstić information content (AvgIpc) is 3.59. The second-order valence-corrected chi connectivity index (χ2v) is 12.7. The summed E-state index contributed by atoms with van der Waals surface area (Å²) in [6.07, 6.45) is -0.184. The highest BCUT2D eigenvalue weighted by molar-refractivity contribution is 5.81. The molecule has 0 aliphatic carbocycles. The van der Waals surface area contributed by atoms with Gasteiger partial charge in [-0.25, -0.2) is 0 Å². The van der Waals surface area contributed by atoms with E-state index >= 15 is 0 Å². The minimum Gasteiger partial charge on any atom is -0.493 e. The van der Waals surface area contributed by atoms with Crippen molar-refractivity contribution in [1.29, 1.82) is 0 Å². The van der Waals surface area contributed by atoms with Crippen molar-refractivity contribution >= 4 is 11.8 Å². The molecular formula is C38H53N5O6. The van der Waals surface area contributed by atoms with Crippen molar-refractivity contribution in [3.63, 3.8) is 0 Å². The predicted octanol–water partition coefficient (Wildman–Crippen LogP) is 3.33. The second kappa shape index (κ2) is 19.9. The van der Waals surface area contributed by atoms with E-state index in [4.69, 9.17) is 14.2 Å². The van der Waals surface area contributed by atoms with Crippen LogP contribution >= 0.6 is 0 Å². The third kappa shape index (κ3) is 11.8. The minimum atomic E-state index is -0.912. The van der Waals surface area contributed by atoms with Gasteiger partial charge in [-0.05, 0) is 42.7 Å². The Labute approximate surface area is 290 Å². The van der Waals surface area contributed by atoms with Crippen molar-refractivity contribution in [3.8, 4) is 11.5 Å². The number of carbonyl (C=O) groups is 2. The standard InChI is InChI=1S/C38H53N5O6/c1-28(2)43(38(46)31-16-17-34(48-4)35(20-31)49-19-11-18-47-3)25-32-23-39-24-33(32)42(26-36(44)40-21-29-12-7-5-8-13-29)27-37(45)41-22-30-14-9-6-10-15-30/h5-10,12-17,20,28,32-33,38-39,46H,11,18-19,21-27H2,1-4H3,(H,40,44)(H,41,45)/t32-,33?,38?/m0/s1. The normalized spacial score (nSPS) is 16.6. The van der Waals surface area contributed by atoms with Crippen LogP contribution in [-0.4, -0.2) is 99.0 Å². The Bertz CT molecular complexity index is 1370. The largest absolute Gasteiger partial charge is 0.493 e. The first-order valence-corrected chi connectivity index (χ1v) is 17.1. The van der Waals surface area contributed by atoms with Gasteiger partial charge >= 0.3 is 0 Å². The Balaban J connectivity index is 1.48. The minimum absolute atomic E-state index is 0.00113. The van der Waals surface area contributed by atoms with E-state index in [2.05, 4.69) is 29.8 Å². The van der Waals surface area contributed by atoms with Gasteiger partial charge in [0.2, 0.25) is 11.8 Å². The number of methoxy groups -OCH3 is 2. The number of rotatable bonds is 20. The van der Waals surface area contributed by atoms with E-state index in [1.54, 1.807) is 14.2 Å². The van der Waals surface area contributed by atoms with Crippen molar-refractivity contribution < 1.29 is 28.9 Å². The summed E-state index contributed by atoms with van der Waals surface area (Å²) in [5.74, 6) is 0.887. The van der Waals surface area contributed by atoms with Gasteiger partial charge in [-0.15, -0.1) is 0 Å². The summed E-state index contributed by atoms with van der Waals surface area (Å²) in [4.78, 5) is 30.6. The number of hydrogen-bond acceptors (Lipinski definition) is 9. The molecule has 266 valence electrons. The smallest absolute Gasteiger partial charge is 0.234 e. The molecule has 0 spiro atoms. The molecule has 2 unspecified atom stereocenters. The molecule has 4 rings (SSSR count). The number of aliphatic hydroxyl groups excluding tert-OH is 1. The molecule has 3 aromatic rings. The number of nitrogens with zero attached hydrogens (tertiary/aromatic N) is 2. The fourth-order valence-electron chi connectivity index (χ4n) is 6.10. The van der Waals surface area contributed by atoms with Crippen molar-refractivity contribution in [2.45, 2.75) is 51.7 Å². The number of amides is 2. The summed E-state index contributed by atoms with van der Waals surface area (Å²) < 4.78 is 16.6. The first-order valence-electron chi connectivity index (χ1n) is 17.1. The number of hydrogen-bond donors (Lipinski definition) is 4. The molecule has 0 bridgehead atoms. The van der Waals surface area contributed by atoms with Crippen LogP contribution in [0, 0.1) is 5.92 Å². The molecule has 1 saturated heterocycles. The topological polar surface area (TPSA) is 125 Å². The molecule has 1 aliphatic heterocycles. The molecule has 2 amide bonds. The second-order valence-electron chi connectivity index (χ2n) is 12.7. The maximum absolute atomic E-state index is 13.3. The molecule has 1 heterocycles. The Morgan fingerprint density at radius 2 is 1.47 bits per heavy atom. The van der Waals surface area contributed by atoms with Gasteiger partial charge in [0.05, 0.1) is 26.8 Å². The van der Waals surface area contributed by atoms with Gasteiger partial charge in [0.1, 0.15) is 6.23 Å². The summed E-state index contributed by atoms with van der Waals surface area (Å²) in [6, 6.07) is 24.9. The van der Waals surface area contributed by atoms with E-state index in [-0.39, 0.29) is 42.9 Å². The van der Waals surface area contributed by atoms with E-state index in [0.717, 1.165) is 17.5 Å². The first kappa shape index (κ1) is 37.8. The van der Waals surface area contributed by atoms with Gasteiger partial charge in [-0.2, -0.15) is 0 Å². The lowest BCUT2D eigenvalue weighted by Crippen LogP contribution is -2.52. The summed E-state index contributed by atoms with van der Waals surface area (Å²) in [5.41, 5.74) is 2.70. The Morgan fingerprint density at radius 1 is 0.857 bits per heavy atom. The van der Waals surface area contributed by atoms with Crippen LogP contribution in [0.4, 0.5) is 0 Å². The zero-order chi connectivity index (χ0) is 35.0. The molecule has 0 radical (unpaired) electrons. The van der Waals surface area contributed by atoms with E-state index in [1.807, 2.05) is 88.7 Å². The monoisotopic (exact) mass is 675 g/mol. The SMILES string of the molecule is COCCCOc1cc(C(O)N(C[C@@H]2CNCC2N(CC(=O)NCc2ccccc2)CC(=O)NCc2ccccc2)C(C)C)ccc1OC. The zero-order valence-electron chi connectivity index (χ0n) is 29.3. The molecule has 3 atom stereocenters. The average molecular weight is 676 g/mol. The van der Waals surface area contributed by atoms with Gasteiger partial charge in [0, 0.05) is 70.9 Å². The zero-order valence-corrected chi connectivity index (χ0v) is 29.3. The quantitative estimate of drug-likeness (QED) is 0.106. The molecule has 4 N–H and O–H groups in total. The van der Waals surface area contributed by atoms with E-state index in [9.17, 15) is 14.7 Å². The van der Waals surface area contributed by atoms with Crippen molar-refractivity contribution in [2.75, 3.05) is 60.2 Å². The highest BCUT2D eigenvalue weighted by Crippen LogP contribution is 2.33. The summed E-state index contributed by atoms with van der Waals surface area (Å²) in [7, 11) is 3.25. The highest BCUT2D eigenvalue weighted by Gasteiger charge is 2.37. The molecule has 3 aromatic carbocycles. The van der Waals surface area contributed by atoms with E-state index in [0.29, 0.717) is 63.0 Å². The van der Waals surface area contributed by atoms with Crippen LogP contribution in [0.2, 0.25) is 0 Å². The van der Waals surface area contributed by atoms with E-state index < -0.39 is 6.23 Å². The van der Waals surface area contributed by atoms with Crippen LogP contribution in [0.15, 0.2) is 78.9 Å². The lowest BCUT2D eigenvalue weighted by molar-refractivity contribution is -0.126. The predicted molar refractivity (Wildman–Crippen MR) is 190 cm³/mol. The molecule has 49 heavy (non-hydrogen) atoms. The Kier molecular flexibility index (Phi) is 15.3.